The van der Waals surface area contributed by atoms with E-state index in [-0.39, 0.29) is 12.5 Å². The summed E-state index contributed by atoms with van der Waals surface area (Å²) in [7, 11) is 0. The van der Waals surface area contributed by atoms with Crippen molar-refractivity contribution in [1.82, 2.24) is 10.2 Å². The maximum Gasteiger partial charge on any atom is 0.257 e. The molecule has 2 aromatic rings. The lowest BCUT2D eigenvalue weighted by Crippen LogP contribution is -2.55. The Morgan fingerprint density at radius 2 is 1.48 bits per heavy atom. The molecule has 1 spiro atoms. The van der Waals surface area contributed by atoms with Crippen LogP contribution in [-0.2, 0) is 0 Å². The average molecular weight is 342 g/mol. The van der Waals surface area contributed by atoms with Crippen molar-refractivity contribution in [2.24, 2.45) is 5.41 Å². The molecule has 2 aromatic carbocycles. The first-order valence-electron chi connectivity index (χ1n) is 9.04. The van der Waals surface area contributed by atoms with Gasteiger partial charge in [-0.1, -0.05) is 60.7 Å². The monoisotopic (exact) mass is 342 g/mol. The van der Waals surface area contributed by atoms with Crippen molar-refractivity contribution in [2.75, 3.05) is 26.2 Å². The van der Waals surface area contributed by atoms with Crippen LogP contribution >= 0.6 is 0 Å². The van der Waals surface area contributed by atoms with Gasteiger partial charge in [0, 0.05) is 26.1 Å². The average Bonchev–Trinajstić information content (AvgIpc) is 3.05. The third-order valence-corrected chi connectivity index (χ3v) is 5.83. The molecule has 0 aliphatic carbocycles. The Morgan fingerprint density at radius 1 is 0.880 bits per heavy atom. The summed E-state index contributed by atoms with van der Waals surface area (Å²) in [4.78, 5) is 2.24. The summed E-state index contributed by atoms with van der Waals surface area (Å²) < 4.78 is 29.5. The lowest BCUT2D eigenvalue weighted by molar-refractivity contribution is -0.136. The molecular formula is C21H24F2N2. The minimum absolute atomic E-state index is 0.0273. The maximum absolute atomic E-state index is 14.7. The van der Waals surface area contributed by atoms with Gasteiger partial charge in [-0.3, -0.25) is 4.90 Å². The highest BCUT2D eigenvalue weighted by atomic mass is 19.3. The number of nitrogens with zero attached hydrogens (tertiary/aromatic N) is 1. The molecule has 25 heavy (non-hydrogen) atoms. The number of hydrogen-bond donors (Lipinski definition) is 1. The molecule has 2 aliphatic heterocycles. The van der Waals surface area contributed by atoms with Gasteiger partial charge in [0.15, 0.2) is 0 Å². The minimum Gasteiger partial charge on any atom is -0.316 e. The normalized spacial score (nSPS) is 26.4. The van der Waals surface area contributed by atoms with E-state index in [1.807, 2.05) is 36.4 Å². The molecule has 0 bridgehead atoms. The fourth-order valence-corrected chi connectivity index (χ4v) is 4.42. The summed E-state index contributed by atoms with van der Waals surface area (Å²) in [5, 5.41) is 3.21. The first-order valence-corrected chi connectivity index (χ1v) is 9.04. The summed E-state index contributed by atoms with van der Waals surface area (Å²) in [6.45, 7) is 1.95. The Balaban J connectivity index is 1.68. The first-order chi connectivity index (χ1) is 12.1. The number of hydrogen-bond acceptors (Lipinski definition) is 2. The smallest absolute Gasteiger partial charge is 0.257 e. The standard InChI is InChI=1S/C21H24F2N2/c22-21(23)11-13-24-15-20(21)12-14-25(16-20)19(17-7-3-1-4-8-17)18-9-5-2-6-10-18/h1-10,19,24H,11-16H2. The number of halogens is 2. The van der Waals surface area contributed by atoms with Crippen LogP contribution in [-0.4, -0.2) is 37.0 Å². The predicted octanol–water partition coefficient (Wildman–Crippen LogP) is 4.10. The third kappa shape index (κ3) is 2.98. The number of likely N-dealkylation sites (tertiary alicyclic amines) is 1. The van der Waals surface area contributed by atoms with Gasteiger partial charge in [0.05, 0.1) is 11.5 Å². The van der Waals surface area contributed by atoms with Gasteiger partial charge in [-0.15, -0.1) is 0 Å². The molecular weight excluding hydrogens is 318 g/mol. The van der Waals surface area contributed by atoms with E-state index in [9.17, 15) is 8.78 Å². The minimum atomic E-state index is -2.59. The van der Waals surface area contributed by atoms with Crippen LogP contribution in [0.1, 0.15) is 30.0 Å². The molecule has 2 aliphatic rings. The van der Waals surface area contributed by atoms with Gasteiger partial charge in [-0.2, -0.15) is 0 Å². The Hall–Kier alpha value is -1.78. The molecule has 0 aromatic heterocycles. The number of alkyl halides is 2. The number of rotatable bonds is 3. The van der Waals surface area contributed by atoms with Crippen molar-refractivity contribution < 1.29 is 8.78 Å². The van der Waals surface area contributed by atoms with Crippen LogP contribution in [0.15, 0.2) is 60.7 Å². The highest BCUT2D eigenvalue weighted by Crippen LogP contribution is 2.49. The molecule has 0 radical (unpaired) electrons. The molecule has 2 nitrogen and oxygen atoms in total. The van der Waals surface area contributed by atoms with Crippen molar-refractivity contribution in [1.29, 1.82) is 0 Å². The second-order valence-electron chi connectivity index (χ2n) is 7.36. The lowest BCUT2D eigenvalue weighted by atomic mass is 9.76. The Kier molecular flexibility index (Phi) is 4.34. The van der Waals surface area contributed by atoms with Crippen molar-refractivity contribution in [3.8, 4) is 0 Å². The topological polar surface area (TPSA) is 15.3 Å². The van der Waals surface area contributed by atoms with E-state index in [0.29, 0.717) is 32.6 Å². The first kappa shape index (κ1) is 16.7. The summed E-state index contributed by atoms with van der Waals surface area (Å²) >= 11 is 0. The van der Waals surface area contributed by atoms with E-state index in [4.69, 9.17) is 0 Å². The Bertz CT molecular complexity index is 665. The molecule has 1 unspecified atom stereocenters. The van der Waals surface area contributed by atoms with Crippen LogP contribution in [0.5, 0.6) is 0 Å². The van der Waals surface area contributed by atoms with Crippen LogP contribution in [0.25, 0.3) is 0 Å². The van der Waals surface area contributed by atoms with E-state index in [1.165, 1.54) is 0 Å². The summed E-state index contributed by atoms with van der Waals surface area (Å²) in [5.41, 5.74) is 1.39. The predicted molar refractivity (Wildman–Crippen MR) is 95.8 cm³/mol. The van der Waals surface area contributed by atoms with E-state index in [0.717, 1.165) is 11.1 Å². The molecule has 1 N–H and O–H groups in total. The van der Waals surface area contributed by atoms with Gasteiger partial charge >= 0.3 is 0 Å². The number of piperidine rings is 1. The van der Waals surface area contributed by atoms with Crippen molar-refractivity contribution in [3.05, 3.63) is 71.8 Å². The van der Waals surface area contributed by atoms with E-state index >= 15 is 0 Å². The Labute approximate surface area is 147 Å². The fraction of sp³-hybridized carbons (Fsp3) is 0.429. The van der Waals surface area contributed by atoms with Crippen LogP contribution in [0, 0.1) is 5.41 Å². The SMILES string of the molecule is FC1(F)CCNCC12CCN(C(c1ccccc1)c1ccccc1)C2. The molecule has 4 rings (SSSR count). The molecule has 2 fully saturated rings. The zero-order chi connectivity index (χ0) is 17.3. The van der Waals surface area contributed by atoms with Gasteiger partial charge in [0.1, 0.15) is 0 Å². The third-order valence-electron chi connectivity index (χ3n) is 5.83. The Morgan fingerprint density at radius 3 is 2.04 bits per heavy atom. The zero-order valence-electron chi connectivity index (χ0n) is 14.3. The summed E-state index contributed by atoms with van der Waals surface area (Å²) in [6, 6.07) is 20.5. The van der Waals surface area contributed by atoms with Crippen LogP contribution in [0.3, 0.4) is 0 Å². The fourth-order valence-electron chi connectivity index (χ4n) is 4.42. The van der Waals surface area contributed by atoms with Gasteiger partial charge < -0.3 is 5.32 Å². The molecule has 2 heterocycles. The highest BCUT2D eigenvalue weighted by molar-refractivity contribution is 5.32. The zero-order valence-corrected chi connectivity index (χ0v) is 14.3. The van der Waals surface area contributed by atoms with E-state index in [2.05, 4.69) is 34.5 Å². The van der Waals surface area contributed by atoms with Gasteiger partial charge in [0.2, 0.25) is 0 Å². The second-order valence-corrected chi connectivity index (χ2v) is 7.36. The molecule has 132 valence electrons. The van der Waals surface area contributed by atoms with Gasteiger partial charge in [-0.25, -0.2) is 8.78 Å². The lowest BCUT2D eigenvalue weighted by Gasteiger charge is -2.42. The maximum atomic E-state index is 14.7. The van der Waals surface area contributed by atoms with Crippen LogP contribution in [0.2, 0.25) is 0 Å². The van der Waals surface area contributed by atoms with Crippen molar-refractivity contribution in [2.45, 2.75) is 24.8 Å². The van der Waals surface area contributed by atoms with Crippen LogP contribution < -0.4 is 5.32 Å². The highest BCUT2D eigenvalue weighted by Gasteiger charge is 2.58. The molecule has 2 saturated heterocycles. The molecule has 1 atom stereocenters. The number of nitrogens with one attached hydrogen (secondary N) is 1. The van der Waals surface area contributed by atoms with E-state index in [1.54, 1.807) is 0 Å². The van der Waals surface area contributed by atoms with Crippen molar-refractivity contribution in [3.63, 3.8) is 0 Å². The summed E-state index contributed by atoms with van der Waals surface area (Å²) in [6.07, 6.45) is 0.491. The molecule has 4 heteroatoms. The van der Waals surface area contributed by atoms with Gasteiger partial charge in [0.25, 0.3) is 5.92 Å². The van der Waals surface area contributed by atoms with Gasteiger partial charge in [-0.05, 0) is 24.1 Å². The van der Waals surface area contributed by atoms with Crippen molar-refractivity contribution >= 4 is 0 Å². The van der Waals surface area contributed by atoms with E-state index < -0.39 is 11.3 Å². The summed E-state index contributed by atoms with van der Waals surface area (Å²) in [5.74, 6) is -2.59. The largest absolute Gasteiger partial charge is 0.316 e. The van der Waals surface area contributed by atoms with Crippen LogP contribution in [0.4, 0.5) is 8.78 Å². The number of benzene rings is 2. The second kappa shape index (κ2) is 6.50. The molecule has 0 amide bonds. The quantitative estimate of drug-likeness (QED) is 0.903. The molecule has 0 saturated carbocycles.